The topological polar surface area (TPSA) is 34.1 Å². The summed E-state index contributed by atoms with van der Waals surface area (Å²) in [4.78, 5) is 0. The van der Waals surface area contributed by atoms with Crippen molar-refractivity contribution < 1.29 is 8.42 Å². The van der Waals surface area contributed by atoms with Gasteiger partial charge in [-0.25, -0.2) is 8.42 Å². The Morgan fingerprint density at radius 1 is 1.55 bits per heavy atom. The summed E-state index contributed by atoms with van der Waals surface area (Å²) in [5.74, 6) is 0.434. The van der Waals surface area contributed by atoms with Gasteiger partial charge in [0.25, 0.3) is 0 Å². The molecule has 0 aromatic carbocycles. The molecule has 0 aromatic heterocycles. The molecule has 0 aliphatic heterocycles. The second-order valence-corrected chi connectivity index (χ2v) is 4.84. The average molecular weight is 178 g/mol. The molecule has 11 heavy (non-hydrogen) atoms. The van der Waals surface area contributed by atoms with E-state index >= 15 is 0 Å². The zero-order valence-electron chi connectivity index (χ0n) is 7.04. The Labute approximate surface area is 69.2 Å². The number of hydrogen-bond acceptors (Lipinski definition) is 2. The highest BCUT2D eigenvalue weighted by Gasteiger charge is 2.06. The van der Waals surface area contributed by atoms with Crippen molar-refractivity contribution in [3.63, 3.8) is 0 Å². The minimum Gasteiger partial charge on any atom is -0.229 e. The van der Waals surface area contributed by atoms with Gasteiger partial charge >= 0.3 is 0 Å². The summed E-state index contributed by atoms with van der Waals surface area (Å²) in [6.07, 6.45) is 4.29. The summed E-state index contributed by atoms with van der Waals surface area (Å²) in [6, 6.07) is 0. The van der Waals surface area contributed by atoms with E-state index in [9.17, 15) is 8.42 Å². The van der Waals surface area contributed by atoms with E-state index in [1.54, 1.807) is 0 Å². The fourth-order valence-electron chi connectivity index (χ4n) is 0.835. The number of hydrogen-bond donors (Lipinski definition) is 0. The standard InChI is InChI=1S/C8H16O2S/c1-3-5-6-8-11(9,10)7-4-2/h4H,2-3,5-8H2,1H3/i8+2. The van der Waals surface area contributed by atoms with Gasteiger partial charge in [-0.05, 0) is 6.42 Å². The van der Waals surface area contributed by atoms with Crippen LogP contribution in [0.15, 0.2) is 12.7 Å². The Bertz CT molecular complexity index is 192. The minimum absolute atomic E-state index is 0.122. The zero-order valence-corrected chi connectivity index (χ0v) is 7.86. The Hall–Kier alpha value is -0.310. The van der Waals surface area contributed by atoms with Gasteiger partial charge in [0.2, 0.25) is 0 Å². The van der Waals surface area contributed by atoms with E-state index in [0.717, 1.165) is 19.3 Å². The molecule has 0 saturated heterocycles. The van der Waals surface area contributed by atoms with Gasteiger partial charge in [0.1, 0.15) is 0 Å². The molecule has 66 valence electrons. The highest BCUT2D eigenvalue weighted by molar-refractivity contribution is 7.91. The third-order valence-corrected chi connectivity index (χ3v) is 3.08. The summed E-state index contributed by atoms with van der Waals surface area (Å²) in [6.45, 7) is 5.45. The molecule has 0 rings (SSSR count). The lowest BCUT2D eigenvalue weighted by Crippen LogP contribution is -2.08. The lowest BCUT2D eigenvalue weighted by atomic mass is 10.3. The van der Waals surface area contributed by atoms with Crippen molar-refractivity contribution in [3.05, 3.63) is 12.7 Å². The van der Waals surface area contributed by atoms with Crippen molar-refractivity contribution in [2.24, 2.45) is 0 Å². The lowest BCUT2D eigenvalue weighted by Gasteiger charge is -1.98. The van der Waals surface area contributed by atoms with Crippen molar-refractivity contribution in [2.75, 3.05) is 11.5 Å². The molecule has 2 nitrogen and oxygen atoms in total. The van der Waals surface area contributed by atoms with Crippen LogP contribution in [0.4, 0.5) is 0 Å². The molecule has 0 saturated carbocycles. The summed E-state index contributed by atoms with van der Waals surface area (Å²) in [5, 5.41) is 0. The van der Waals surface area contributed by atoms with E-state index in [1.165, 1.54) is 6.08 Å². The maximum atomic E-state index is 11.0. The highest BCUT2D eigenvalue weighted by atomic mass is 32.2. The first kappa shape index (κ1) is 10.7. The molecule has 0 atom stereocenters. The molecule has 0 unspecified atom stereocenters. The second kappa shape index (κ2) is 5.35. The van der Waals surface area contributed by atoms with Gasteiger partial charge in [0.15, 0.2) is 9.84 Å². The van der Waals surface area contributed by atoms with Crippen LogP contribution < -0.4 is 0 Å². The zero-order chi connectivity index (χ0) is 8.74. The van der Waals surface area contributed by atoms with Gasteiger partial charge in [-0.1, -0.05) is 25.8 Å². The Kier molecular flexibility index (Phi) is 5.20. The van der Waals surface area contributed by atoms with Crippen LogP contribution in [0.25, 0.3) is 0 Å². The number of sulfone groups is 1. The van der Waals surface area contributed by atoms with E-state index in [0.29, 0.717) is 5.75 Å². The van der Waals surface area contributed by atoms with Crippen molar-refractivity contribution in [2.45, 2.75) is 26.2 Å². The molecule has 0 bridgehead atoms. The molecule has 0 fully saturated rings. The fourth-order valence-corrected chi connectivity index (χ4v) is 2.00. The van der Waals surface area contributed by atoms with Crippen LogP contribution in [0.2, 0.25) is 0 Å². The molecule has 0 radical (unpaired) electrons. The first-order valence-corrected chi connectivity index (χ1v) is 5.76. The van der Waals surface area contributed by atoms with E-state index in [2.05, 4.69) is 13.5 Å². The first-order valence-electron chi connectivity index (χ1n) is 3.93. The molecular weight excluding hydrogens is 162 g/mol. The van der Waals surface area contributed by atoms with E-state index in [-0.39, 0.29) is 5.75 Å². The summed E-state index contributed by atoms with van der Waals surface area (Å²) >= 11 is 0. The first-order chi connectivity index (χ1) is 5.12. The number of unbranched alkanes of at least 4 members (excludes halogenated alkanes) is 2. The average Bonchev–Trinajstić information content (AvgIpc) is 1.87. The van der Waals surface area contributed by atoms with Crippen LogP contribution in [0.5, 0.6) is 0 Å². The molecule has 0 heterocycles. The monoisotopic (exact) mass is 178 g/mol. The quantitative estimate of drug-likeness (QED) is 0.459. The predicted octanol–water partition coefficient (Wildman–Crippen LogP) is 1.78. The molecule has 0 aromatic rings. The summed E-state index contributed by atoms with van der Waals surface area (Å²) in [5.41, 5.74) is 0. The Morgan fingerprint density at radius 2 is 2.18 bits per heavy atom. The molecule has 0 aliphatic rings. The predicted molar refractivity (Wildman–Crippen MR) is 48.4 cm³/mol. The van der Waals surface area contributed by atoms with Gasteiger partial charge in [0, 0.05) is 0 Å². The third kappa shape index (κ3) is 6.10. The normalized spacial score (nSPS) is 11.4. The third-order valence-electron chi connectivity index (χ3n) is 1.43. The molecule has 0 amide bonds. The van der Waals surface area contributed by atoms with Crippen molar-refractivity contribution >= 4 is 9.84 Å². The molecule has 0 N–H and O–H groups in total. The maximum Gasteiger partial charge on any atom is 0.153 e. The summed E-state index contributed by atoms with van der Waals surface area (Å²) < 4.78 is 22.1. The van der Waals surface area contributed by atoms with Crippen molar-refractivity contribution in [1.82, 2.24) is 0 Å². The van der Waals surface area contributed by atoms with Crippen LogP contribution in [-0.4, -0.2) is 19.9 Å². The van der Waals surface area contributed by atoms with Gasteiger partial charge in [0.05, 0.1) is 11.5 Å². The van der Waals surface area contributed by atoms with Gasteiger partial charge in [-0.2, -0.15) is 0 Å². The minimum atomic E-state index is -2.82. The van der Waals surface area contributed by atoms with Crippen molar-refractivity contribution in [1.29, 1.82) is 0 Å². The van der Waals surface area contributed by atoms with Crippen LogP contribution in [0, 0.1) is 0 Å². The molecule has 3 heteroatoms. The largest absolute Gasteiger partial charge is 0.229 e. The van der Waals surface area contributed by atoms with Crippen LogP contribution in [-0.2, 0) is 9.84 Å². The smallest absolute Gasteiger partial charge is 0.153 e. The lowest BCUT2D eigenvalue weighted by molar-refractivity contribution is 0.594. The van der Waals surface area contributed by atoms with Gasteiger partial charge < -0.3 is 0 Å². The molecule has 0 spiro atoms. The molecule has 0 aliphatic carbocycles. The second-order valence-electron chi connectivity index (χ2n) is 2.61. The van der Waals surface area contributed by atoms with Crippen LogP contribution >= 0.6 is 0 Å². The Balaban J connectivity index is 3.65. The van der Waals surface area contributed by atoms with E-state index in [4.69, 9.17) is 0 Å². The van der Waals surface area contributed by atoms with Gasteiger partial charge in [-0.15, -0.1) is 6.58 Å². The fraction of sp³-hybridized carbons (Fsp3) is 0.750. The van der Waals surface area contributed by atoms with E-state index in [1.807, 2.05) is 0 Å². The van der Waals surface area contributed by atoms with Gasteiger partial charge in [-0.3, -0.25) is 0 Å². The Morgan fingerprint density at radius 3 is 2.64 bits per heavy atom. The van der Waals surface area contributed by atoms with Crippen LogP contribution in [0.3, 0.4) is 0 Å². The highest BCUT2D eigenvalue weighted by Crippen LogP contribution is 1.99. The number of rotatable bonds is 6. The van der Waals surface area contributed by atoms with Crippen molar-refractivity contribution in [3.8, 4) is 0 Å². The SMILES string of the molecule is C=CCS(=O)(=O)[14CH2]CCCC. The maximum absolute atomic E-state index is 11.0. The van der Waals surface area contributed by atoms with E-state index < -0.39 is 9.84 Å². The van der Waals surface area contributed by atoms with Crippen LogP contribution in [0.1, 0.15) is 26.2 Å². The molecular formula is C8H16O2S. The summed E-state index contributed by atoms with van der Waals surface area (Å²) in [7, 11) is -2.82.